The van der Waals surface area contributed by atoms with Gasteiger partial charge in [0.05, 0.1) is 19.1 Å². The van der Waals surface area contributed by atoms with Gasteiger partial charge in [-0.15, -0.1) is 0 Å². The van der Waals surface area contributed by atoms with E-state index in [0.717, 1.165) is 6.54 Å². The Kier molecular flexibility index (Phi) is 4.29. The molecule has 1 aliphatic rings. The summed E-state index contributed by atoms with van der Waals surface area (Å²) in [6.07, 6.45) is 0.677. The van der Waals surface area contributed by atoms with Crippen LogP contribution in [-0.2, 0) is 14.3 Å². The van der Waals surface area contributed by atoms with E-state index in [0.29, 0.717) is 13.0 Å². The zero-order valence-corrected chi connectivity index (χ0v) is 10.1. The van der Waals surface area contributed by atoms with Crippen molar-refractivity contribution < 1.29 is 14.3 Å². The molecule has 2 N–H and O–H groups in total. The van der Waals surface area contributed by atoms with Crippen LogP contribution in [-0.4, -0.2) is 43.0 Å². The number of likely N-dealkylation sites (tertiary alicyclic amines) is 1. The second kappa shape index (κ2) is 5.30. The van der Waals surface area contributed by atoms with Crippen LogP contribution >= 0.6 is 0 Å². The van der Waals surface area contributed by atoms with Crippen LogP contribution in [0.4, 0.5) is 0 Å². The Hall–Kier alpha value is -1.10. The normalized spacial score (nSPS) is 27.7. The van der Waals surface area contributed by atoms with Gasteiger partial charge >= 0.3 is 5.97 Å². The van der Waals surface area contributed by atoms with Crippen LogP contribution < -0.4 is 5.73 Å². The van der Waals surface area contributed by atoms with Gasteiger partial charge < -0.3 is 10.5 Å². The molecule has 0 aromatic carbocycles. The van der Waals surface area contributed by atoms with Crippen LogP contribution in [0.2, 0.25) is 0 Å². The summed E-state index contributed by atoms with van der Waals surface area (Å²) in [6.45, 7) is 5.21. The molecule has 1 fully saturated rings. The zero-order valence-electron chi connectivity index (χ0n) is 10.1. The molecule has 5 nitrogen and oxygen atoms in total. The molecule has 16 heavy (non-hydrogen) atoms. The Morgan fingerprint density at radius 1 is 1.50 bits per heavy atom. The third kappa shape index (κ3) is 2.52. The van der Waals surface area contributed by atoms with Gasteiger partial charge in [-0.25, -0.2) is 0 Å². The van der Waals surface area contributed by atoms with Crippen molar-refractivity contribution in [2.24, 2.45) is 17.6 Å². The van der Waals surface area contributed by atoms with Crippen LogP contribution in [0.1, 0.15) is 20.3 Å². The Morgan fingerprint density at radius 2 is 2.12 bits per heavy atom. The van der Waals surface area contributed by atoms with Crippen LogP contribution in [0.25, 0.3) is 0 Å². The molecule has 0 aliphatic carbocycles. The first-order chi connectivity index (χ1) is 7.51. The van der Waals surface area contributed by atoms with Gasteiger partial charge in [-0.1, -0.05) is 13.8 Å². The second-order valence-electron chi connectivity index (χ2n) is 4.39. The molecule has 0 spiro atoms. The molecule has 1 aliphatic heterocycles. The maximum absolute atomic E-state index is 11.5. The number of methoxy groups -OCH3 is 1. The van der Waals surface area contributed by atoms with E-state index in [1.54, 1.807) is 0 Å². The molecular weight excluding hydrogens is 208 g/mol. The maximum Gasteiger partial charge on any atom is 0.310 e. The second-order valence-corrected chi connectivity index (χ2v) is 4.39. The average molecular weight is 228 g/mol. The zero-order chi connectivity index (χ0) is 12.3. The fraction of sp³-hybridized carbons (Fsp3) is 0.818. The summed E-state index contributed by atoms with van der Waals surface area (Å²) in [4.78, 5) is 24.7. The van der Waals surface area contributed by atoms with Gasteiger partial charge in [0, 0.05) is 13.1 Å². The highest BCUT2D eigenvalue weighted by Crippen LogP contribution is 2.26. The summed E-state index contributed by atoms with van der Waals surface area (Å²) >= 11 is 0. The summed E-state index contributed by atoms with van der Waals surface area (Å²) in [6, 6.07) is -0.267. The molecule has 1 heterocycles. The highest BCUT2D eigenvalue weighted by Gasteiger charge is 2.39. The number of ether oxygens (including phenoxy) is 1. The Labute approximate surface area is 95.9 Å². The topological polar surface area (TPSA) is 72.6 Å². The number of hydrogen-bond donors (Lipinski definition) is 1. The van der Waals surface area contributed by atoms with Gasteiger partial charge in [0.1, 0.15) is 0 Å². The summed E-state index contributed by atoms with van der Waals surface area (Å²) in [5.41, 5.74) is 5.33. The highest BCUT2D eigenvalue weighted by atomic mass is 16.5. The minimum Gasteiger partial charge on any atom is -0.469 e. The van der Waals surface area contributed by atoms with Crippen LogP contribution in [0.3, 0.4) is 0 Å². The number of hydrogen-bond acceptors (Lipinski definition) is 4. The third-order valence-corrected chi connectivity index (χ3v) is 3.30. The lowest BCUT2D eigenvalue weighted by atomic mass is 9.99. The molecule has 5 heteroatoms. The molecule has 1 saturated heterocycles. The molecular formula is C11H20N2O3. The molecule has 0 aromatic heterocycles. The van der Waals surface area contributed by atoms with E-state index in [-0.39, 0.29) is 29.8 Å². The van der Waals surface area contributed by atoms with Crippen molar-refractivity contribution in [1.29, 1.82) is 0 Å². The van der Waals surface area contributed by atoms with E-state index >= 15 is 0 Å². The lowest BCUT2D eigenvalue weighted by Crippen LogP contribution is -2.43. The van der Waals surface area contributed by atoms with Gasteiger partial charge in [-0.3, -0.25) is 14.5 Å². The van der Waals surface area contributed by atoms with E-state index in [1.165, 1.54) is 7.11 Å². The van der Waals surface area contributed by atoms with Crippen LogP contribution in [0, 0.1) is 11.8 Å². The monoisotopic (exact) mass is 228 g/mol. The predicted molar refractivity (Wildman–Crippen MR) is 59.5 cm³/mol. The first-order valence-electron chi connectivity index (χ1n) is 5.62. The molecule has 92 valence electrons. The number of carbonyl (C=O) groups is 2. The van der Waals surface area contributed by atoms with Crippen molar-refractivity contribution >= 4 is 11.9 Å². The average Bonchev–Trinajstić information content (AvgIpc) is 2.59. The van der Waals surface area contributed by atoms with Crippen molar-refractivity contribution in [2.45, 2.75) is 26.3 Å². The standard InChI is InChI=1S/C11H20N2O3/c1-4-9(10(12)14)13-5-7(2)8(6-13)11(15)16-3/h7-9H,4-6H2,1-3H3,(H2,12,14). The molecule has 3 unspecified atom stereocenters. The molecule has 1 amide bonds. The molecule has 0 bridgehead atoms. The third-order valence-electron chi connectivity index (χ3n) is 3.30. The summed E-state index contributed by atoms with van der Waals surface area (Å²) in [7, 11) is 1.39. The van der Waals surface area contributed by atoms with Crippen molar-refractivity contribution in [2.75, 3.05) is 20.2 Å². The molecule has 0 saturated carbocycles. The molecule has 3 atom stereocenters. The van der Waals surface area contributed by atoms with E-state index in [2.05, 4.69) is 0 Å². The SMILES string of the molecule is CCC(C(N)=O)N1CC(C)C(C(=O)OC)C1. The number of rotatable bonds is 4. The number of nitrogens with two attached hydrogens (primary N) is 1. The highest BCUT2D eigenvalue weighted by molar-refractivity contribution is 5.80. The minimum absolute atomic E-state index is 0.140. The fourth-order valence-electron chi connectivity index (χ4n) is 2.36. The van der Waals surface area contributed by atoms with Crippen molar-refractivity contribution in [3.63, 3.8) is 0 Å². The van der Waals surface area contributed by atoms with Crippen LogP contribution in [0.5, 0.6) is 0 Å². The first-order valence-corrected chi connectivity index (χ1v) is 5.62. The number of esters is 1. The maximum atomic E-state index is 11.5. The van der Waals surface area contributed by atoms with Gasteiger partial charge in [0.15, 0.2) is 0 Å². The lowest BCUT2D eigenvalue weighted by Gasteiger charge is -2.23. The number of carbonyl (C=O) groups excluding carboxylic acids is 2. The summed E-state index contributed by atoms with van der Waals surface area (Å²) in [5, 5.41) is 0. The Bertz CT molecular complexity index is 280. The first kappa shape index (κ1) is 13.0. The van der Waals surface area contributed by atoms with E-state index in [1.807, 2.05) is 18.7 Å². The van der Waals surface area contributed by atoms with Crippen LogP contribution in [0.15, 0.2) is 0 Å². The largest absolute Gasteiger partial charge is 0.469 e. The number of primary amides is 1. The van der Waals surface area contributed by atoms with Gasteiger partial charge in [-0.2, -0.15) is 0 Å². The van der Waals surface area contributed by atoms with E-state index < -0.39 is 0 Å². The van der Waals surface area contributed by atoms with Gasteiger partial charge in [0.25, 0.3) is 0 Å². The van der Waals surface area contributed by atoms with Crippen molar-refractivity contribution in [3.05, 3.63) is 0 Å². The number of nitrogens with zero attached hydrogens (tertiary/aromatic N) is 1. The molecule has 0 aromatic rings. The predicted octanol–water partition coefficient (Wildman–Crippen LogP) is -0.00880. The Balaban J connectivity index is 2.68. The lowest BCUT2D eigenvalue weighted by molar-refractivity contribution is -0.146. The smallest absolute Gasteiger partial charge is 0.310 e. The Morgan fingerprint density at radius 3 is 2.56 bits per heavy atom. The number of amides is 1. The summed E-state index contributed by atoms with van der Waals surface area (Å²) in [5.74, 6) is -0.450. The van der Waals surface area contributed by atoms with Crippen molar-refractivity contribution in [1.82, 2.24) is 4.90 Å². The van der Waals surface area contributed by atoms with Crippen molar-refractivity contribution in [3.8, 4) is 0 Å². The molecule has 1 rings (SSSR count). The fourth-order valence-corrected chi connectivity index (χ4v) is 2.36. The summed E-state index contributed by atoms with van der Waals surface area (Å²) < 4.78 is 4.74. The van der Waals surface area contributed by atoms with E-state index in [4.69, 9.17) is 10.5 Å². The molecule has 0 radical (unpaired) electrons. The van der Waals surface area contributed by atoms with Gasteiger partial charge in [-0.05, 0) is 12.3 Å². The minimum atomic E-state index is -0.319. The van der Waals surface area contributed by atoms with Gasteiger partial charge in [0.2, 0.25) is 5.91 Å². The quantitative estimate of drug-likeness (QED) is 0.687. The van der Waals surface area contributed by atoms with E-state index in [9.17, 15) is 9.59 Å².